The molecule has 0 aliphatic rings. The molecule has 0 saturated heterocycles. The summed E-state index contributed by atoms with van der Waals surface area (Å²) in [6.45, 7) is 8.25. The van der Waals surface area contributed by atoms with Gasteiger partial charge in [-0.05, 0) is 41.9 Å². The van der Waals surface area contributed by atoms with Crippen LogP contribution in [-0.2, 0) is 6.42 Å². The van der Waals surface area contributed by atoms with E-state index in [1.54, 1.807) is 17.1 Å². The Morgan fingerprint density at radius 3 is 2.50 bits per heavy atom. The summed E-state index contributed by atoms with van der Waals surface area (Å²) in [5.74, 6) is 0.315. The molecule has 0 radical (unpaired) electrons. The van der Waals surface area contributed by atoms with Crippen LogP contribution >= 0.6 is 23.2 Å². The predicted octanol–water partition coefficient (Wildman–Crippen LogP) is 4.80. The van der Waals surface area contributed by atoms with E-state index in [9.17, 15) is 5.11 Å². The SMILES string of the molecule is CC(Cc1ccc(Cl)cc1Cl)CC(C(O)C(C)(C)C)n1cncn1. The van der Waals surface area contributed by atoms with Crippen molar-refractivity contribution < 1.29 is 5.11 Å². The third kappa shape index (κ3) is 4.95. The normalized spacial score (nSPS) is 16.0. The van der Waals surface area contributed by atoms with Crippen LogP contribution < -0.4 is 0 Å². The van der Waals surface area contributed by atoms with Crippen molar-refractivity contribution in [1.29, 1.82) is 0 Å². The highest BCUT2D eigenvalue weighted by Crippen LogP contribution is 2.33. The number of halogens is 2. The van der Waals surface area contributed by atoms with Gasteiger partial charge >= 0.3 is 0 Å². The molecule has 0 aliphatic heterocycles. The lowest BCUT2D eigenvalue weighted by Gasteiger charge is -2.34. The van der Waals surface area contributed by atoms with Gasteiger partial charge in [0.1, 0.15) is 12.7 Å². The highest BCUT2D eigenvalue weighted by Gasteiger charge is 2.33. The molecule has 1 aromatic heterocycles. The lowest BCUT2D eigenvalue weighted by Crippen LogP contribution is -2.37. The van der Waals surface area contributed by atoms with Gasteiger partial charge in [0.05, 0.1) is 12.1 Å². The van der Waals surface area contributed by atoms with Crippen molar-refractivity contribution in [2.24, 2.45) is 11.3 Å². The van der Waals surface area contributed by atoms with E-state index in [1.807, 2.05) is 32.9 Å². The lowest BCUT2D eigenvalue weighted by atomic mass is 9.81. The van der Waals surface area contributed by atoms with Gasteiger partial charge in [0.15, 0.2) is 0 Å². The van der Waals surface area contributed by atoms with Gasteiger partial charge in [-0.15, -0.1) is 0 Å². The molecule has 2 rings (SSSR count). The van der Waals surface area contributed by atoms with Crippen molar-refractivity contribution in [3.63, 3.8) is 0 Å². The maximum absolute atomic E-state index is 10.8. The number of hydrogen-bond donors (Lipinski definition) is 1. The molecule has 0 saturated carbocycles. The molecule has 1 N–H and O–H groups in total. The van der Waals surface area contributed by atoms with Crippen molar-refractivity contribution in [2.75, 3.05) is 0 Å². The second-order valence-electron chi connectivity index (χ2n) is 7.53. The molecule has 0 aliphatic carbocycles. The summed E-state index contributed by atoms with van der Waals surface area (Å²) in [5.41, 5.74) is 0.824. The van der Waals surface area contributed by atoms with Gasteiger partial charge in [0.2, 0.25) is 0 Å². The Hall–Kier alpha value is -1.10. The Kier molecular flexibility index (Phi) is 6.29. The highest BCUT2D eigenvalue weighted by atomic mass is 35.5. The van der Waals surface area contributed by atoms with Crippen LogP contribution in [0.5, 0.6) is 0 Å². The Bertz CT molecular complexity index is 653. The minimum Gasteiger partial charge on any atom is -0.390 e. The Balaban J connectivity index is 2.14. The van der Waals surface area contributed by atoms with Crippen molar-refractivity contribution in [3.05, 3.63) is 46.5 Å². The number of aliphatic hydroxyl groups excluding tert-OH is 1. The fourth-order valence-electron chi connectivity index (χ4n) is 2.91. The maximum Gasteiger partial charge on any atom is 0.137 e. The zero-order valence-electron chi connectivity index (χ0n) is 14.6. The summed E-state index contributed by atoms with van der Waals surface area (Å²) in [6.07, 6.45) is 4.24. The summed E-state index contributed by atoms with van der Waals surface area (Å²) in [4.78, 5) is 4.03. The molecule has 132 valence electrons. The number of rotatable bonds is 6. The minimum absolute atomic E-state index is 0.131. The molecule has 6 heteroatoms. The molecule has 24 heavy (non-hydrogen) atoms. The maximum atomic E-state index is 10.8. The number of aliphatic hydroxyl groups is 1. The van der Waals surface area contributed by atoms with Crippen LogP contribution in [0.15, 0.2) is 30.9 Å². The van der Waals surface area contributed by atoms with E-state index < -0.39 is 6.10 Å². The molecule has 1 heterocycles. The summed E-state index contributed by atoms with van der Waals surface area (Å²) >= 11 is 12.2. The molecule has 0 spiro atoms. The Labute approximate surface area is 153 Å². The summed E-state index contributed by atoms with van der Waals surface area (Å²) in [6, 6.07) is 5.46. The molecular formula is C18H25Cl2N3O. The van der Waals surface area contributed by atoms with E-state index in [0.717, 1.165) is 18.4 Å². The van der Waals surface area contributed by atoms with Crippen molar-refractivity contribution >= 4 is 23.2 Å². The third-order valence-corrected chi connectivity index (χ3v) is 4.84. The van der Waals surface area contributed by atoms with Gasteiger partial charge in [-0.1, -0.05) is 57.0 Å². The predicted molar refractivity (Wildman–Crippen MR) is 98.5 cm³/mol. The molecule has 3 unspecified atom stereocenters. The van der Waals surface area contributed by atoms with E-state index in [-0.39, 0.29) is 11.5 Å². The average Bonchev–Trinajstić information content (AvgIpc) is 3.00. The summed E-state index contributed by atoms with van der Waals surface area (Å²) in [7, 11) is 0. The van der Waals surface area contributed by atoms with E-state index in [2.05, 4.69) is 17.0 Å². The number of benzene rings is 1. The summed E-state index contributed by atoms with van der Waals surface area (Å²) < 4.78 is 1.76. The molecule has 4 nitrogen and oxygen atoms in total. The van der Waals surface area contributed by atoms with Crippen molar-refractivity contribution in [3.8, 4) is 0 Å². The molecule has 3 atom stereocenters. The standard InChI is InChI=1S/C18H25Cl2N3O/c1-12(7-13-5-6-14(19)9-15(13)20)8-16(17(24)18(2,3)4)23-11-21-10-22-23/h5-6,9-12,16-17,24H,7-8H2,1-4H3. The van der Waals surface area contributed by atoms with Gasteiger partial charge in [0.25, 0.3) is 0 Å². The van der Waals surface area contributed by atoms with E-state index in [1.165, 1.54) is 6.33 Å². The van der Waals surface area contributed by atoms with Gasteiger partial charge in [-0.2, -0.15) is 5.10 Å². The smallest absolute Gasteiger partial charge is 0.137 e. The Morgan fingerprint density at radius 2 is 1.96 bits per heavy atom. The van der Waals surface area contributed by atoms with Crippen LogP contribution in [-0.4, -0.2) is 26.0 Å². The monoisotopic (exact) mass is 369 g/mol. The first kappa shape index (κ1) is 19.2. The molecule has 1 aromatic carbocycles. The van der Waals surface area contributed by atoms with Crippen LogP contribution in [0.3, 0.4) is 0 Å². The molecule has 0 fully saturated rings. The zero-order valence-corrected chi connectivity index (χ0v) is 16.1. The largest absolute Gasteiger partial charge is 0.390 e. The van der Waals surface area contributed by atoms with E-state index in [0.29, 0.717) is 16.0 Å². The van der Waals surface area contributed by atoms with Crippen molar-refractivity contribution in [1.82, 2.24) is 14.8 Å². The van der Waals surface area contributed by atoms with Gasteiger partial charge in [-0.25, -0.2) is 9.67 Å². The number of aromatic nitrogens is 3. The number of nitrogens with zero attached hydrogens (tertiary/aromatic N) is 3. The van der Waals surface area contributed by atoms with Crippen LogP contribution in [0.1, 0.15) is 45.7 Å². The highest BCUT2D eigenvalue weighted by molar-refractivity contribution is 6.35. The molecular weight excluding hydrogens is 345 g/mol. The average molecular weight is 370 g/mol. The van der Waals surface area contributed by atoms with Gasteiger partial charge in [0, 0.05) is 10.0 Å². The molecule has 2 aromatic rings. The van der Waals surface area contributed by atoms with Crippen LogP contribution in [0.4, 0.5) is 0 Å². The first-order valence-electron chi connectivity index (χ1n) is 8.14. The fraction of sp³-hybridized carbons (Fsp3) is 0.556. The molecule has 0 amide bonds. The third-order valence-electron chi connectivity index (χ3n) is 4.26. The van der Waals surface area contributed by atoms with Gasteiger partial charge in [-0.3, -0.25) is 0 Å². The first-order valence-corrected chi connectivity index (χ1v) is 8.90. The fourth-order valence-corrected chi connectivity index (χ4v) is 3.39. The van der Waals surface area contributed by atoms with Gasteiger partial charge < -0.3 is 5.11 Å². The Morgan fingerprint density at radius 1 is 1.25 bits per heavy atom. The van der Waals surface area contributed by atoms with Crippen molar-refractivity contribution in [2.45, 2.75) is 52.7 Å². The molecule has 0 bridgehead atoms. The van der Waals surface area contributed by atoms with Crippen LogP contribution in [0, 0.1) is 11.3 Å². The second-order valence-corrected chi connectivity index (χ2v) is 8.38. The van der Waals surface area contributed by atoms with Crippen LogP contribution in [0.25, 0.3) is 0 Å². The van der Waals surface area contributed by atoms with Crippen LogP contribution in [0.2, 0.25) is 10.0 Å². The van der Waals surface area contributed by atoms with E-state index >= 15 is 0 Å². The zero-order chi connectivity index (χ0) is 17.9. The lowest BCUT2D eigenvalue weighted by molar-refractivity contribution is 0.00439. The minimum atomic E-state index is -0.526. The number of hydrogen-bond acceptors (Lipinski definition) is 3. The first-order chi connectivity index (χ1) is 11.2. The second kappa shape index (κ2) is 7.85. The van der Waals surface area contributed by atoms with E-state index in [4.69, 9.17) is 23.2 Å². The summed E-state index contributed by atoms with van der Waals surface area (Å²) in [5, 5.41) is 16.4. The quantitative estimate of drug-likeness (QED) is 0.795. The topological polar surface area (TPSA) is 50.9 Å².